The Balaban J connectivity index is 2.15. The summed E-state index contributed by atoms with van der Waals surface area (Å²) < 4.78 is 0. The van der Waals surface area contributed by atoms with Crippen molar-refractivity contribution in [3.63, 3.8) is 0 Å². The van der Waals surface area contributed by atoms with Gasteiger partial charge in [-0.05, 0) is 12.1 Å². The third-order valence-corrected chi connectivity index (χ3v) is 3.11. The Morgan fingerprint density at radius 3 is 2.61 bits per heavy atom. The minimum atomic E-state index is -0.418. The Labute approximate surface area is 108 Å². The first-order valence-corrected chi connectivity index (χ1v) is 5.93. The molecule has 92 valence electrons. The SMILES string of the molecule is CNc1cc(Sc2ccc([N+](=O)[O-])cc2)ncn1. The molecule has 0 saturated carbocycles. The first kappa shape index (κ1) is 12.3. The highest BCUT2D eigenvalue weighted by atomic mass is 32.2. The van der Waals surface area contributed by atoms with Gasteiger partial charge in [-0.2, -0.15) is 0 Å². The van der Waals surface area contributed by atoms with E-state index in [9.17, 15) is 10.1 Å². The second-order valence-electron chi connectivity index (χ2n) is 3.34. The number of nitro benzene ring substituents is 1. The predicted molar refractivity (Wildman–Crippen MR) is 68.8 cm³/mol. The van der Waals surface area contributed by atoms with Gasteiger partial charge in [-0.25, -0.2) is 9.97 Å². The van der Waals surface area contributed by atoms with Crippen molar-refractivity contribution in [2.24, 2.45) is 0 Å². The number of hydrogen-bond donors (Lipinski definition) is 1. The lowest BCUT2D eigenvalue weighted by molar-refractivity contribution is -0.384. The van der Waals surface area contributed by atoms with E-state index in [1.165, 1.54) is 30.2 Å². The van der Waals surface area contributed by atoms with Gasteiger partial charge in [0.05, 0.1) is 4.92 Å². The molecular weight excluding hydrogens is 252 g/mol. The lowest BCUT2D eigenvalue weighted by atomic mass is 10.3. The Kier molecular flexibility index (Phi) is 3.73. The first-order chi connectivity index (χ1) is 8.69. The number of aromatic nitrogens is 2. The summed E-state index contributed by atoms with van der Waals surface area (Å²) in [6, 6.07) is 8.16. The lowest BCUT2D eigenvalue weighted by Crippen LogP contribution is -1.93. The summed E-state index contributed by atoms with van der Waals surface area (Å²) in [4.78, 5) is 19.1. The van der Waals surface area contributed by atoms with Crippen molar-refractivity contribution in [3.05, 3.63) is 46.8 Å². The maximum atomic E-state index is 10.5. The quantitative estimate of drug-likeness (QED) is 0.518. The van der Waals surface area contributed by atoms with Crippen LogP contribution in [0.1, 0.15) is 0 Å². The Hall–Kier alpha value is -2.15. The number of non-ortho nitro benzene ring substituents is 1. The third kappa shape index (κ3) is 2.95. The summed E-state index contributed by atoms with van der Waals surface area (Å²) in [6.45, 7) is 0. The molecule has 0 radical (unpaired) electrons. The summed E-state index contributed by atoms with van der Waals surface area (Å²) >= 11 is 1.42. The van der Waals surface area contributed by atoms with Crippen LogP contribution in [-0.4, -0.2) is 21.9 Å². The molecule has 0 amide bonds. The average Bonchev–Trinajstić information content (AvgIpc) is 2.39. The number of nitrogens with zero attached hydrogens (tertiary/aromatic N) is 3. The molecule has 1 aromatic heterocycles. The molecule has 0 fully saturated rings. The molecule has 2 aromatic rings. The molecule has 1 N–H and O–H groups in total. The minimum absolute atomic E-state index is 0.0814. The van der Waals surface area contributed by atoms with Gasteiger partial charge < -0.3 is 5.32 Å². The van der Waals surface area contributed by atoms with Crippen LogP contribution < -0.4 is 5.32 Å². The molecule has 6 nitrogen and oxygen atoms in total. The van der Waals surface area contributed by atoms with Crippen LogP contribution in [0.5, 0.6) is 0 Å². The molecule has 1 aromatic carbocycles. The highest BCUT2D eigenvalue weighted by Gasteiger charge is 2.05. The van der Waals surface area contributed by atoms with Crippen LogP contribution in [0.3, 0.4) is 0 Å². The number of nitrogens with one attached hydrogen (secondary N) is 1. The van der Waals surface area contributed by atoms with E-state index in [-0.39, 0.29) is 5.69 Å². The molecule has 0 aliphatic heterocycles. The van der Waals surface area contributed by atoms with E-state index in [1.807, 2.05) is 6.07 Å². The minimum Gasteiger partial charge on any atom is -0.373 e. The third-order valence-electron chi connectivity index (χ3n) is 2.17. The van der Waals surface area contributed by atoms with E-state index >= 15 is 0 Å². The molecular formula is C11H10N4O2S. The van der Waals surface area contributed by atoms with Gasteiger partial charge in [-0.1, -0.05) is 11.8 Å². The van der Waals surface area contributed by atoms with Gasteiger partial charge in [0.1, 0.15) is 17.2 Å². The molecule has 0 bridgehead atoms. The maximum absolute atomic E-state index is 10.5. The average molecular weight is 262 g/mol. The predicted octanol–water partition coefficient (Wildman–Crippen LogP) is 2.58. The van der Waals surface area contributed by atoms with Crippen molar-refractivity contribution >= 4 is 23.3 Å². The zero-order chi connectivity index (χ0) is 13.0. The van der Waals surface area contributed by atoms with Gasteiger partial charge in [-0.15, -0.1) is 0 Å². The van der Waals surface area contributed by atoms with Gasteiger partial charge in [0.15, 0.2) is 0 Å². The van der Waals surface area contributed by atoms with Crippen LogP contribution in [0.15, 0.2) is 46.6 Å². The highest BCUT2D eigenvalue weighted by molar-refractivity contribution is 7.99. The van der Waals surface area contributed by atoms with Gasteiger partial charge in [-0.3, -0.25) is 10.1 Å². The number of benzene rings is 1. The Morgan fingerprint density at radius 2 is 2.00 bits per heavy atom. The number of rotatable bonds is 4. The summed E-state index contributed by atoms with van der Waals surface area (Å²) in [6.07, 6.45) is 1.47. The van der Waals surface area contributed by atoms with Crippen LogP contribution >= 0.6 is 11.8 Å². The smallest absolute Gasteiger partial charge is 0.269 e. The van der Waals surface area contributed by atoms with Crippen molar-refractivity contribution in [2.75, 3.05) is 12.4 Å². The van der Waals surface area contributed by atoms with Crippen molar-refractivity contribution < 1.29 is 4.92 Å². The van der Waals surface area contributed by atoms with Gasteiger partial charge >= 0.3 is 0 Å². The standard InChI is InChI=1S/C11H10N4O2S/c1-12-10-6-11(14-7-13-10)18-9-4-2-8(3-5-9)15(16)17/h2-7H,1H3,(H,12,13,14). The molecule has 0 saturated heterocycles. The topological polar surface area (TPSA) is 81.0 Å². The van der Waals surface area contributed by atoms with E-state index in [4.69, 9.17) is 0 Å². The van der Waals surface area contributed by atoms with Crippen LogP contribution in [0.2, 0.25) is 0 Å². The van der Waals surface area contributed by atoms with Gasteiger partial charge in [0.2, 0.25) is 0 Å². The van der Waals surface area contributed by atoms with Crippen LogP contribution in [0.4, 0.5) is 11.5 Å². The summed E-state index contributed by atoms with van der Waals surface area (Å²) in [5.41, 5.74) is 0.0814. The summed E-state index contributed by atoms with van der Waals surface area (Å²) in [5, 5.41) is 14.2. The zero-order valence-corrected chi connectivity index (χ0v) is 10.3. The maximum Gasteiger partial charge on any atom is 0.269 e. The molecule has 0 aliphatic carbocycles. The molecule has 0 atom stereocenters. The summed E-state index contributed by atoms with van der Waals surface area (Å²) in [7, 11) is 1.78. The molecule has 0 unspecified atom stereocenters. The van der Waals surface area contributed by atoms with E-state index in [1.54, 1.807) is 19.2 Å². The van der Waals surface area contributed by atoms with E-state index in [0.717, 1.165) is 15.7 Å². The normalized spacial score (nSPS) is 10.1. The molecule has 1 heterocycles. The monoisotopic (exact) mass is 262 g/mol. The Bertz CT molecular complexity index is 559. The number of anilines is 1. The highest BCUT2D eigenvalue weighted by Crippen LogP contribution is 2.28. The van der Waals surface area contributed by atoms with Crippen LogP contribution in [-0.2, 0) is 0 Å². The van der Waals surface area contributed by atoms with E-state index < -0.39 is 4.92 Å². The second-order valence-corrected chi connectivity index (χ2v) is 4.44. The van der Waals surface area contributed by atoms with Gasteiger partial charge in [0, 0.05) is 30.1 Å². The van der Waals surface area contributed by atoms with Crippen molar-refractivity contribution in [3.8, 4) is 0 Å². The second kappa shape index (κ2) is 5.46. The fraction of sp³-hybridized carbons (Fsp3) is 0.0909. The number of hydrogen-bond acceptors (Lipinski definition) is 6. The first-order valence-electron chi connectivity index (χ1n) is 5.11. The molecule has 0 spiro atoms. The van der Waals surface area contributed by atoms with E-state index in [0.29, 0.717) is 0 Å². The van der Waals surface area contributed by atoms with Gasteiger partial charge in [0.25, 0.3) is 5.69 Å². The molecule has 0 aliphatic rings. The number of nitro groups is 1. The Morgan fingerprint density at radius 1 is 1.28 bits per heavy atom. The molecule has 18 heavy (non-hydrogen) atoms. The molecule has 7 heteroatoms. The largest absolute Gasteiger partial charge is 0.373 e. The van der Waals surface area contributed by atoms with Crippen molar-refractivity contribution in [1.82, 2.24) is 9.97 Å². The fourth-order valence-electron chi connectivity index (χ4n) is 1.29. The summed E-state index contributed by atoms with van der Waals surface area (Å²) in [5.74, 6) is 0.731. The van der Waals surface area contributed by atoms with Crippen molar-refractivity contribution in [2.45, 2.75) is 9.92 Å². The molecule has 2 rings (SSSR count). The fourth-order valence-corrected chi connectivity index (χ4v) is 2.07. The zero-order valence-electron chi connectivity index (χ0n) is 9.53. The van der Waals surface area contributed by atoms with Crippen LogP contribution in [0.25, 0.3) is 0 Å². The lowest BCUT2D eigenvalue weighted by Gasteiger charge is -2.02. The van der Waals surface area contributed by atoms with E-state index in [2.05, 4.69) is 15.3 Å². The van der Waals surface area contributed by atoms with Crippen LogP contribution in [0, 0.1) is 10.1 Å². The van der Waals surface area contributed by atoms with Crippen molar-refractivity contribution in [1.29, 1.82) is 0 Å².